The Bertz CT molecular complexity index is 400. The van der Waals surface area contributed by atoms with Crippen LogP contribution in [0.25, 0.3) is 0 Å². The van der Waals surface area contributed by atoms with Crippen molar-refractivity contribution in [2.24, 2.45) is 11.3 Å². The largest absolute Gasteiger partial charge is 0.467 e. The zero-order valence-corrected chi connectivity index (χ0v) is 11.8. The van der Waals surface area contributed by atoms with Gasteiger partial charge in [-0.2, -0.15) is 4.98 Å². The summed E-state index contributed by atoms with van der Waals surface area (Å²) in [5.41, 5.74) is 1.53. The number of nitrogens with zero attached hydrogens (tertiary/aromatic N) is 3. The molecule has 4 nitrogen and oxygen atoms in total. The number of ether oxygens (including phenoxy) is 1. The highest BCUT2D eigenvalue weighted by Crippen LogP contribution is 2.36. The van der Waals surface area contributed by atoms with Crippen LogP contribution >= 0.6 is 0 Å². The Kier molecular flexibility index (Phi) is 3.85. The number of methoxy groups -OCH3 is 1. The Morgan fingerprint density at radius 1 is 1.44 bits per heavy atom. The molecule has 0 bridgehead atoms. The lowest BCUT2D eigenvalue weighted by atomic mass is 9.75. The van der Waals surface area contributed by atoms with Crippen LogP contribution in [-0.2, 0) is 6.54 Å². The van der Waals surface area contributed by atoms with E-state index < -0.39 is 0 Å². The molecule has 0 aromatic carbocycles. The zero-order chi connectivity index (χ0) is 13.2. The van der Waals surface area contributed by atoms with Gasteiger partial charge in [0, 0.05) is 25.8 Å². The first kappa shape index (κ1) is 13.3. The first-order valence-electron chi connectivity index (χ1n) is 6.59. The quantitative estimate of drug-likeness (QED) is 0.803. The highest BCUT2D eigenvalue weighted by molar-refractivity contribution is 5.07. The normalized spacial score (nSPS) is 18.7. The number of likely N-dealkylation sites (tertiary alicyclic amines) is 1. The van der Waals surface area contributed by atoms with Gasteiger partial charge >= 0.3 is 6.01 Å². The maximum absolute atomic E-state index is 5.04. The second kappa shape index (κ2) is 5.22. The van der Waals surface area contributed by atoms with Crippen LogP contribution in [-0.4, -0.2) is 35.1 Å². The monoisotopic (exact) mass is 249 g/mol. The molecule has 100 valence electrons. The van der Waals surface area contributed by atoms with Crippen molar-refractivity contribution in [3.05, 3.63) is 18.0 Å². The molecular weight excluding hydrogens is 226 g/mol. The molecule has 0 unspecified atom stereocenters. The maximum Gasteiger partial charge on any atom is 0.316 e. The van der Waals surface area contributed by atoms with Crippen molar-refractivity contribution in [2.45, 2.75) is 33.7 Å². The van der Waals surface area contributed by atoms with E-state index in [0.717, 1.165) is 31.2 Å². The summed E-state index contributed by atoms with van der Waals surface area (Å²) in [7, 11) is 1.60. The van der Waals surface area contributed by atoms with Gasteiger partial charge in [-0.15, -0.1) is 0 Å². The van der Waals surface area contributed by atoms with Crippen LogP contribution in [0.5, 0.6) is 6.01 Å². The summed E-state index contributed by atoms with van der Waals surface area (Å²) in [6, 6.07) is 2.42. The van der Waals surface area contributed by atoms with E-state index >= 15 is 0 Å². The molecule has 4 heteroatoms. The lowest BCUT2D eigenvalue weighted by Gasteiger charge is -2.49. The summed E-state index contributed by atoms with van der Waals surface area (Å²) in [5.74, 6) is 0.774. The molecule has 1 aliphatic rings. The third kappa shape index (κ3) is 3.19. The van der Waals surface area contributed by atoms with E-state index in [0.29, 0.717) is 11.4 Å². The van der Waals surface area contributed by atoms with Crippen molar-refractivity contribution < 1.29 is 4.74 Å². The molecule has 1 aromatic rings. The predicted octanol–water partition coefficient (Wildman–Crippen LogP) is 2.35. The van der Waals surface area contributed by atoms with Crippen LogP contribution in [0, 0.1) is 11.3 Å². The van der Waals surface area contributed by atoms with Gasteiger partial charge in [-0.25, -0.2) is 4.98 Å². The standard InChI is InChI=1S/C14H23N3O/c1-11(2)7-14(3)9-17(10-14)8-12-5-6-15-13(16-12)18-4/h5-6,11H,7-10H2,1-4H3. The van der Waals surface area contributed by atoms with Crippen LogP contribution in [0.1, 0.15) is 32.9 Å². The summed E-state index contributed by atoms with van der Waals surface area (Å²) in [5, 5.41) is 0. The SMILES string of the molecule is COc1nccc(CN2CC(C)(CC(C)C)C2)n1. The lowest BCUT2D eigenvalue weighted by Crippen LogP contribution is -2.54. The predicted molar refractivity (Wildman–Crippen MR) is 71.4 cm³/mol. The molecule has 0 aliphatic carbocycles. The van der Waals surface area contributed by atoms with Gasteiger partial charge in [0.15, 0.2) is 0 Å². The van der Waals surface area contributed by atoms with E-state index in [1.165, 1.54) is 6.42 Å². The Labute approximate surface area is 109 Å². The van der Waals surface area contributed by atoms with Gasteiger partial charge in [-0.3, -0.25) is 4.90 Å². The molecular formula is C14H23N3O. The zero-order valence-electron chi connectivity index (χ0n) is 11.8. The topological polar surface area (TPSA) is 38.2 Å². The van der Waals surface area contributed by atoms with Gasteiger partial charge in [0.25, 0.3) is 0 Å². The second-order valence-corrected chi connectivity index (χ2v) is 6.09. The van der Waals surface area contributed by atoms with Crippen LogP contribution in [0.3, 0.4) is 0 Å². The van der Waals surface area contributed by atoms with E-state index in [4.69, 9.17) is 4.74 Å². The average Bonchev–Trinajstić information content (AvgIpc) is 2.26. The van der Waals surface area contributed by atoms with E-state index in [9.17, 15) is 0 Å². The molecule has 18 heavy (non-hydrogen) atoms. The molecule has 0 radical (unpaired) electrons. The fourth-order valence-corrected chi connectivity index (χ4v) is 3.05. The average molecular weight is 249 g/mol. The van der Waals surface area contributed by atoms with Crippen LogP contribution in [0.15, 0.2) is 12.3 Å². The highest BCUT2D eigenvalue weighted by atomic mass is 16.5. The van der Waals surface area contributed by atoms with Crippen LogP contribution in [0.2, 0.25) is 0 Å². The Morgan fingerprint density at radius 3 is 2.78 bits per heavy atom. The minimum atomic E-state index is 0.456. The van der Waals surface area contributed by atoms with Gasteiger partial charge in [0.05, 0.1) is 12.8 Å². The molecule has 1 fully saturated rings. The fraction of sp³-hybridized carbons (Fsp3) is 0.714. The summed E-state index contributed by atoms with van der Waals surface area (Å²) in [6.07, 6.45) is 3.06. The molecule has 2 rings (SSSR count). The molecule has 1 aliphatic heterocycles. The summed E-state index contributed by atoms with van der Waals surface area (Å²) >= 11 is 0. The van der Waals surface area contributed by atoms with Gasteiger partial charge in [0.1, 0.15) is 0 Å². The highest BCUT2D eigenvalue weighted by Gasteiger charge is 2.38. The minimum Gasteiger partial charge on any atom is -0.467 e. The molecule has 0 N–H and O–H groups in total. The Morgan fingerprint density at radius 2 is 2.17 bits per heavy atom. The van der Waals surface area contributed by atoms with E-state index in [-0.39, 0.29) is 0 Å². The van der Waals surface area contributed by atoms with Gasteiger partial charge in [-0.1, -0.05) is 20.8 Å². The van der Waals surface area contributed by atoms with Crippen molar-refractivity contribution >= 4 is 0 Å². The molecule has 0 saturated carbocycles. The van der Waals surface area contributed by atoms with Gasteiger partial charge < -0.3 is 4.74 Å². The van der Waals surface area contributed by atoms with Crippen molar-refractivity contribution in [1.82, 2.24) is 14.9 Å². The lowest BCUT2D eigenvalue weighted by molar-refractivity contribution is -0.00727. The second-order valence-electron chi connectivity index (χ2n) is 6.09. The molecule has 1 aromatic heterocycles. The van der Waals surface area contributed by atoms with E-state index in [2.05, 4.69) is 35.6 Å². The van der Waals surface area contributed by atoms with E-state index in [1.54, 1.807) is 13.3 Å². The first-order valence-corrected chi connectivity index (χ1v) is 6.59. The molecule has 2 heterocycles. The fourth-order valence-electron chi connectivity index (χ4n) is 3.05. The number of hydrogen-bond donors (Lipinski definition) is 0. The van der Waals surface area contributed by atoms with Crippen molar-refractivity contribution in [3.63, 3.8) is 0 Å². The smallest absolute Gasteiger partial charge is 0.316 e. The number of aromatic nitrogens is 2. The van der Waals surface area contributed by atoms with E-state index in [1.807, 2.05) is 6.07 Å². The number of hydrogen-bond acceptors (Lipinski definition) is 4. The van der Waals surface area contributed by atoms with Crippen molar-refractivity contribution in [1.29, 1.82) is 0 Å². The maximum atomic E-state index is 5.04. The summed E-state index contributed by atoms with van der Waals surface area (Å²) in [4.78, 5) is 10.8. The summed E-state index contributed by atoms with van der Waals surface area (Å²) < 4.78 is 5.04. The Hall–Kier alpha value is -1.16. The molecule has 0 atom stereocenters. The van der Waals surface area contributed by atoms with Crippen molar-refractivity contribution in [3.8, 4) is 6.01 Å². The van der Waals surface area contributed by atoms with Gasteiger partial charge in [-0.05, 0) is 23.8 Å². The van der Waals surface area contributed by atoms with Crippen LogP contribution < -0.4 is 4.74 Å². The summed E-state index contributed by atoms with van der Waals surface area (Å²) in [6.45, 7) is 10.2. The number of rotatable bonds is 5. The third-order valence-corrected chi connectivity index (χ3v) is 3.37. The molecule has 1 saturated heterocycles. The minimum absolute atomic E-state index is 0.456. The third-order valence-electron chi connectivity index (χ3n) is 3.37. The molecule has 0 spiro atoms. The van der Waals surface area contributed by atoms with Crippen LogP contribution in [0.4, 0.5) is 0 Å². The first-order chi connectivity index (χ1) is 8.50. The Balaban J connectivity index is 1.86. The molecule has 0 amide bonds. The van der Waals surface area contributed by atoms with Gasteiger partial charge in [0.2, 0.25) is 0 Å². The van der Waals surface area contributed by atoms with Crippen molar-refractivity contribution in [2.75, 3.05) is 20.2 Å².